The molecule has 8 N–H and O–H groups in total. The van der Waals surface area contributed by atoms with Gasteiger partial charge in [0.05, 0.1) is 50.5 Å². The molecule has 17 rings (SSSR count). The quantitative estimate of drug-likeness (QED) is 0.00860. The van der Waals surface area contributed by atoms with Crippen LogP contribution in [0.3, 0.4) is 0 Å². The first kappa shape index (κ1) is 98.2. The Labute approximate surface area is 764 Å². The second kappa shape index (κ2) is 49.3. The smallest absolute Gasteiger partial charge is 0.312 e. The van der Waals surface area contributed by atoms with Crippen LogP contribution >= 0.6 is 81.2 Å². The number of anilines is 14. The number of pyridine rings is 5. The minimum atomic E-state index is -0.574. The summed E-state index contributed by atoms with van der Waals surface area (Å²) < 4.78 is 0. The Morgan fingerprint density at radius 3 is 1.23 bits per heavy atom. The van der Waals surface area contributed by atoms with Crippen LogP contribution in [0.4, 0.5) is 92.0 Å². The topological polar surface area (TPSA) is 439 Å². The van der Waals surface area contributed by atoms with E-state index >= 15 is 0 Å². The van der Waals surface area contributed by atoms with Gasteiger partial charge in [0.25, 0.3) is 0 Å². The van der Waals surface area contributed by atoms with Crippen molar-refractivity contribution >= 4 is 203 Å². The first-order valence-electron chi connectivity index (χ1n) is 38.4. The molecule has 0 aliphatic carbocycles. The number of hydrogen-bond donors (Lipinski definition) is 6. The largest absolute Gasteiger partial charge is 0.399 e. The summed E-state index contributed by atoms with van der Waals surface area (Å²) in [5, 5.41) is 34.3. The fraction of sp³-hybridized carbons (Fsp3) is 0.312. The van der Waals surface area contributed by atoms with Gasteiger partial charge < -0.3 is 59.8 Å². The van der Waals surface area contributed by atoms with E-state index in [-0.39, 0.29) is 95.5 Å². The number of benzene rings is 2. The number of carbonyl (C=O) groups excluding carboxylic acids is 5. The molecule has 15 heterocycles. The summed E-state index contributed by atoms with van der Waals surface area (Å²) in [6.07, 6.45) is 19.3. The summed E-state index contributed by atoms with van der Waals surface area (Å²) in [6.45, 7) is 12.1. The first-order chi connectivity index (χ1) is 58.8. The molecule has 0 saturated carbocycles. The number of nitrogens with one attached hydrogen (secondary N) is 4. The van der Waals surface area contributed by atoms with Gasteiger partial charge in [0.2, 0.25) is 57.0 Å². The van der Waals surface area contributed by atoms with Crippen molar-refractivity contribution in [1.29, 1.82) is 0 Å². The second-order valence-corrected chi connectivity index (χ2v) is 30.1. The molecule has 44 heteroatoms. The molecular formula is C80H89Cl7N27O9Pd-. The van der Waals surface area contributed by atoms with E-state index in [1.54, 1.807) is 63.8 Å². The molecule has 0 spiro atoms. The van der Waals surface area contributed by atoms with Gasteiger partial charge in [0.1, 0.15) is 10.0 Å². The van der Waals surface area contributed by atoms with Crippen LogP contribution in [0.2, 0.25) is 35.9 Å². The maximum Gasteiger partial charge on any atom is 0.312 e. The van der Waals surface area contributed by atoms with Crippen molar-refractivity contribution in [2.45, 2.75) is 64.2 Å². The third-order valence-electron chi connectivity index (χ3n) is 18.9. The third kappa shape index (κ3) is 29.2. The number of nitrogen functional groups attached to an aromatic ring is 2. The van der Waals surface area contributed by atoms with Crippen LogP contribution in [0, 0.1) is 27.7 Å². The summed E-state index contributed by atoms with van der Waals surface area (Å²) in [6, 6.07) is 32.8. The Bertz CT molecular complexity index is 5240. The van der Waals surface area contributed by atoms with Crippen molar-refractivity contribution < 1.29 is 54.2 Å². The fourth-order valence-electron chi connectivity index (χ4n) is 12.6. The zero-order chi connectivity index (χ0) is 87.2. The molecule has 124 heavy (non-hydrogen) atoms. The predicted molar refractivity (Wildman–Crippen MR) is 482 cm³/mol. The number of aromatic nitrogens is 11. The van der Waals surface area contributed by atoms with E-state index in [2.05, 4.69) is 134 Å². The van der Waals surface area contributed by atoms with Crippen molar-refractivity contribution in [2.75, 3.05) is 156 Å². The molecule has 7 saturated heterocycles. The number of nitrogens with two attached hydrogens (primary N) is 2. The molecule has 8 aromatic heterocycles. The van der Waals surface area contributed by atoms with Gasteiger partial charge in [-0.3, -0.25) is 63.8 Å². The molecule has 0 atom stereocenters. The molecule has 2 aromatic carbocycles. The normalized spacial score (nSPS) is 15.2. The number of piperazine rings is 2. The number of carbonyl (C=O) groups is 5. The summed E-state index contributed by atoms with van der Waals surface area (Å²) >= 11 is 39.8. The van der Waals surface area contributed by atoms with E-state index in [4.69, 9.17) is 92.7 Å². The zero-order valence-corrected chi connectivity index (χ0v) is 74.3. The number of nitrogens with zero attached hydrogens (tertiary/aromatic N) is 21. The van der Waals surface area contributed by atoms with Gasteiger partial charge in [-0.25, -0.2) is 44.9 Å². The van der Waals surface area contributed by atoms with E-state index in [0.717, 1.165) is 115 Å². The van der Waals surface area contributed by atoms with Crippen LogP contribution in [0.5, 0.6) is 0 Å². The Hall–Kier alpha value is -11.2. The van der Waals surface area contributed by atoms with Crippen molar-refractivity contribution in [1.82, 2.24) is 69.9 Å². The summed E-state index contributed by atoms with van der Waals surface area (Å²) in [7, 11) is 4.32. The molecular weight excluding hydrogens is 1840 g/mol. The number of amides is 5. The van der Waals surface area contributed by atoms with Crippen LogP contribution < -0.4 is 62.1 Å². The van der Waals surface area contributed by atoms with Crippen LogP contribution in [0.25, 0.3) is 0 Å². The molecule has 7 aliphatic heterocycles. The molecule has 7 fully saturated rings. The molecule has 7 aliphatic rings. The van der Waals surface area contributed by atoms with E-state index < -0.39 is 9.85 Å². The Morgan fingerprint density at radius 1 is 0.411 bits per heavy atom. The predicted octanol–water partition coefficient (Wildman–Crippen LogP) is 14.3. The van der Waals surface area contributed by atoms with E-state index in [0.29, 0.717) is 112 Å². The maximum absolute atomic E-state index is 12.2. The zero-order valence-electron chi connectivity index (χ0n) is 67.5. The third-order valence-corrected chi connectivity index (χ3v) is 20.8. The molecule has 658 valence electrons. The van der Waals surface area contributed by atoms with E-state index in [1.165, 1.54) is 65.3 Å². The van der Waals surface area contributed by atoms with Gasteiger partial charge >= 0.3 is 11.4 Å². The maximum atomic E-state index is 12.2. The van der Waals surface area contributed by atoms with Gasteiger partial charge in [-0.2, -0.15) is 9.97 Å². The van der Waals surface area contributed by atoms with E-state index in [9.17, 15) is 44.2 Å². The average molecular weight is 1930 g/mol. The van der Waals surface area contributed by atoms with Gasteiger partial charge in [-0.05, 0) is 166 Å². The molecule has 0 unspecified atom stereocenters. The molecule has 0 bridgehead atoms. The summed E-state index contributed by atoms with van der Waals surface area (Å²) in [4.78, 5) is 137. The van der Waals surface area contributed by atoms with Crippen LogP contribution in [-0.2, 0) is 44.4 Å². The minimum Gasteiger partial charge on any atom is -0.399 e. The standard InChI is InChI=1S/C24H27ClN8O.C13H11Cl2N5O.C11H17N3.C9H9N3O3.C9H11N3O.C5H3ClN2O2.C4HCl3N2.C4H7NO.CH3.Pd/c1-31-12-14-32(15-13-31)18-8-6-17(7-9-18)28-24-27-16-19(25)22(30-24)29-20-4-2-10-26-23(20)33-11-3-5-21(33)34;14-8-7-17-13(15)19-11(8)18-9-3-1-5-16-12(9)20-6-2-4-10(20)21;1-13-6-8-14(9-7-13)11-4-2-10(12)3-5-11;13-8-4-2-6-11(8)9-7(12(14)15)3-1-5-10-9;10-7-3-1-5-11-9(7)12-6-2-4-8(12)13;6-5-4(8(9)10)2-1-3-7-5;5-2-1-8-4(7)9-3(2)6;6-4-2-1-3-5-4;;/h2,4,6-10,16H,3,5,11-15H2,1H3,(H2,27,28,29,30);1,3,5,7H,2,4,6H2,(H,17,18,19);2-5H,6-9,12H2,1H3;1,3,5H,2,4,6H2;1,3,5H,2,4,6,10H2;1-3H;1H;1-3H2,(H,5,6);1H3;/q;;;;;;;;-1;. The monoisotopic (exact) mass is 1920 g/mol. The Balaban J connectivity index is 0.000000185. The molecule has 0 radical (unpaired) electrons. The summed E-state index contributed by atoms with van der Waals surface area (Å²) in [5.41, 5.74) is 17.2. The number of nitro groups is 2. The minimum absolute atomic E-state index is 0. The first-order valence-corrected chi connectivity index (χ1v) is 41.0. The van der Waals surface area contributed by atoms with Crippen molar-refractivity contribution in [2.24, 2.45) is 0 Å². The Morgan fingerprint density at radius 2 is 0.815 bits per heavy atom. The Kier molecular flexibility index (Phi) is 39.1. The van der Waals surface area contributed by atoms with Crippen molar-refractivity contribution in [3.63, 3.8) is 0 Å². The van der Waals surface area contributed by atoms with Crippen molar-refractivity contribution in [3.8, 4) is 0 Å². The molecule has 10 aromatic rings. The van der Waals surface area contributed by atoms with Crippen molar-refractivity contribution in [3.05, 3.63) is 222 Å². The summed E-state index contributed by atoms with van der Waals surface area (Å²) in [5.74, 6) is 3.47. The van der Waals surface area contributed by atoms with Crippen LogP contribution in [0.1, 0.15) is 64.2 Å². The average Bonchev–Trinajstić information content (AvgIpc) is 1.52. The number of rotatable bonds is 14. The molecule has 5 amide bonds. The van der Waals surface area contributed by atoms with Crippen LogP contribution in [-0.4, -0.2) is 203 Å². The SMILES string of the molecule is CN1CCN(c2ccc(N)cc2)CC1.CN1CCN(c2ccc(Nc3ncc(Cl)c(Nc4cccnc4N4CCCC4=O)n3)cc2)CC1.Clc1ncc(Cl)c(Cl)n1.Nc1cccnc1N1CCCC1=O.O=C1CCCN1.O=C1CCCN1c1ncccc1Nc1nc(Cl)ncc1Cl.O=C1CCCN1c1ncccc1[N+](=O)[O-].O=[N+]([O-])c1cccnc1Cl.[CH3-].[Pd]. The fourth-order valence-corrected chi connectivity index (χ4v) is 13.6. The van der Waals surface area contributed by atoms with Gasteiger partial charge in [0, 0.05) is 203 Å². The van der Waals surface area contributed by atoms with Gasteiger partial charge in [0.15, 0.2) is 34.2 Å². The van der Waals surface area contributed by atoms with Crippen LogP contribution in [0.15, 0.2) is 159 Å². The molecule has 36 nitrogen and oxygen atoms in total. The number of likely N-dealkylation sites (N-methyl/N-ethyl adjacent to an activating group) is 2. The second-order valence-electron chi connectivity index (χ2n) is 27.5. The van der Waals surface area contributed by atoms with Gasteiger partial charge in [-0.15, -0.1) is 0 Å². The number of hydrogen-bond acceptors (Lipinski definition) is 29. The number of halogens is 7. The van der Waals surface area contributed by atoms with E-state index in [1.807, 2.05) is 36.4 Å². The van der Waals surface area contributed by atoms with Gasteiger partial charge in [-0.1, -0.05) is 58.0 Å².